The van der Waals surface area contributed by atoms with E-state index in [0.29, 0.717) is 0 Å². The molecule has 0 aliphatic carbocycles. The summed E-state index contributed by atoms with van der Waals surface area (Å²) in [5.41, 5.74) is -0.621. The van der Waals surface area contributed by atoms with Crippen LogP contribution in [-0.2, 0) is 9.84 Å². The predicted molar refractivity (Wildman–Crippen MR) is 67.9 cm³/mol. The molecule has 1 aromatic rings. The average Bonchev–Trinajstić information content (AvgIpc) is 2.28. The molecule has 0 bridgehead atoms. The van der Waals surface area contributed by atoms with E-state index in [2.05, 4.69) is 4.98 Å². The number of sulfone groups is 1. The predicted octanol–water partition coefficient (Wildman–Crippen LogP) is 2.43. The van der Waals surface area contributed by atoms with Crippen molar-refractivity contribution in [1.29, 1.82) is 0 Å². The molecule has 18 heavy (non-hydrogen) atoms. The van der Waals surface area contributed by atoms with Crippen molar-refractivity contribution >= 4 is 38.7 Å². The summed E-state index contributed by atoms with van der Waals surface area (Å²) in [4.78, 5) is 13.6. The van der Waals surface area contributed by atoms with Crippen LogP contribution >= 0.6 is 23.2 Å². The average molecular weight is 313 g/mol. The van der Waals surface area contributed by atoms with Crippen molar-refractivity contribution in [2.45, 2.75) is 23.6 Å². The van der Waals surface area contributed by atoms with Gasteiger partial charge in [-0.3, -0.25) is 10.1 Å². The van der Waals surface area contributed by atoms with Gasteiger partial charge in [0.15, 0.2) is 0 Å². The molecule has 0 fully saturated rings. The molecule has 0 saturated carbocycles. The second-order valence-electron chi connectivity index (χ2n) is 3.57. The molecule has 9 heteroatoms. The molecule has 0 N–H and O–H groups in total. The molecular formula is C9H10Cl2N2O4S. The van der Waals surface area contributed by atoms with E-state index in [1.165, 1.54) is 6.92 Å². The van der Waals surface area contributed by atoms with E-state index in [1.54, 1.807) is 0 Å². The van der Waals surface area contributed by atoms with Gasteiger partial charge < -0.3 is 0 Å². The first kappa shape index (κ1) is 15.1. The van der Waals surface area contributed by atoms with E-state index in [4.69, 9.17) is 23.2 Å². The molecule has 0 aliphatic rings. The highest BCUT2D eigenvalue weighted by Crippen LogP contribution is 2.28. The van der Waals surface area contributed by atoms with Crippen LogP contribution in [0.25, 0.3) is 0 Å². The Hall–Kier alpha value is -0.920. The Labute approximate surface area is 114 Å². The van der Waals surface area contributed by atoms with E-state index < -0.39 is 30.7 Å². The number of hydrogen-bond donors (Lipinski definition) is 0. The Balaban J connectivity index is 3.37. The van der Waals surface area contributed by atoms with E-state index in [-0.39, 0.29) is 17.3 Å². The molecule has 0 saturated heterocycles. The lowest BCUT2D eigenvalue weighted by Crippen LogP contribution is -2.20. The lowest BCUT2D eigenvalue weighted by atomic mass is 10.4. The van der Waals surface area contributed by atoms with Gasteiger partial charge in [0.2, 0.25) is 14.9 Å². The summed E-state index contributed by atoms with van der Waals surface area (Å²) >= 11 is 11.0. The smallest absolute Gasteiger partial charge is 0.258 e. The van der Waals surface area contributed by atoms with Crippen LogP contribution in [0.2, 0.25) is 5.02 Å². The lowest BCUT2D eigenvalue weighted by Gasteiger charge is -2.10. The highest BCUT2D eigenvalue weighted by Gasteiger charge is 2.32. The molecule has 1 rings (SSSR count). The number of nitro groups is 1. The topological polar surface area (TPSA) is 90.2 Å². The fourth-order valence-corrected chi connectivity index (χ4v) is 3.31. The molecular weight excluding hydrogens is 303 g/mol. The number of pyridine rings is 1. The van der Waals surface area contributed by atoms with Crippen molar-refractivity contribution in [2.75, 3.05) is 5.88 Å². The molecule has 1 unspecified atom stereocenters. The van der Waals surface area contributed by atoms with Crippen LogP contribution in [0.5, 0.6) is 0 Å². The highest BCUT2D eigenvalue weighted by atomic mass is 35.5. The van der Waals surface area contributed by atoms with Crippen LogP contribution in [0.3, 0.4) is 0 Å². The first-order valence-corrected chi connectivity index (χ1v) is 7.36. The van der Waals surface area contributed by atoms with Crippen molar-refractivity contribution in [3.05, 3.63) is 27.4 Å². The first-order chi connectivity index (χ1) is 8.30. The number of aromatic nitrogens is 1. The third kappa shape index (κ3) is 3.09. The number of alkyl halides is 1. The summed E-state index contributed by atoms with van der Waals surface area (Å²) in [6.45, 7) is 1.43. The molecule has 1 heterocycles. The van der Waals surface area contributed by atoms with Gasteiger partial charge in [0.1, 0.15) is 0 Å². The fourth-order valence-electron chi connectivity index (χ4n) is 1.27. The molecule has 1 aromatic heterocycles. The quantitative estimate of drug-likeness (QED) is 0.473. The number of hydrogen-bond acceptors (Lipinski definition) is 5. The monoisotopic (exact) mass is 312 g/mol. The summed E-state index contributed by atoms with van der Waals surface area (Å²) < 4.78 is 24.2. The van der Waals surface area contributed by atoms with Gasteiger partial charge in [0.25, 0.3) is 0 Å². The van der Waals surface area contributed by atoms with E-state index in [9.17, 15) is 18.5 Å². The van der Waals surface area contributed by atoms with Gasteiger partial charge in [-0.2, -0.15) is 0 Å². The Morgan fingerprint density at radius 2 is 2.17 bits per heavy atom. The number of nitrogens with zero attached hydrogens (tertiary/aromatic N) is 2. The second kappa shape index (κ2) is 5.81. The zero-order valence-electron chi connectivity index (χ0n) is 9.34. The van der Waals surface area contributed by atoms with Gasteiger partial charge in [-0.15, -0.1) is 11.6 Å². The normalized spacial score (nSPS) is 13.3. The molecule has 0 spiro atoms. The van der Waals surface area contributed by atoms with Gasteiger partial charge in [0.05, 0.1) is 15.2 Å². The van der Waals surface area contributed by atoms with Crippen LogP contribution < -0.4 is 0 Å². The molecule has 6 nitrogen and oxygen atoms in total. The van der Waals surface area contributed by atoms with Crippen LogP contribution in [0.15, 0.2) is 17.3 Å². The first-order valence-electron chi connectivity index (χ1n) is 4.90. The molecule has 0 aliphatic heterocycles. The van der Waals surface area contributed by atoms with Crippen LogP contribution in [-0.4, -0.2) is 29.5 Å². The zero-order valence-corrected chi connectivity index (χ0v) is 11.7. The SMILES string of the molecule is CC(CCCl)S(=O)(=O)c1ncc(Cl)cc1[N+](=O)[O-]. The van der Waals surface area contributed by atoms with Gasteiger partial charge in [-0.05, 0) is 13.3 Å². The molecule has 0 amide bonds. The maximum absolute atomic E-state index is 12.1. The van der Waals surface area contributed by atoms with Crippen LogP contribution in [0.1, 0.15) is 13.3 Å². The zero-order chi connectivity index (χ0) is 13.9. The van der Waals surface area contributed by atoms with Crippen molar-refractivity contribution in [3.8, 4) is 0 Å². The molecule has 100 valence electrons. The third-order valence-electron chi connectivity index (χ3n) is 2.31. The minimum atomic E-state index is -3.89. The highest BCUT2D eigenvalue weighted by molar-refractivity contribution is 7.92. The summed E-state index contributed by atoms with van der Waals surface area (Å²) in [7, 11) is -3.89. The summed E-state index contributed by atoms with van der Waals surface area (Å²) in [6.07, 6.45) is 1.25. The number of halogens is 2. The summed E-state index contributed by atoms with van der Waals surface area (Å²) in [6, 6.07) is 0.967. The van der Waals surface area contributed by atoms with E-state index in [1.807, 2.05) is 0 Å². The van der Waals surface area contributed by atoms with Crippen molar-refractivity contribution < 1.29 is 13.3 Å². The molecule has 1 atom stereocenters. The van der Waals surface area contributed by atoms with Gasteiger partial charge in [-0.1, -0.05) is 11.6 Å². The summed E-state index contributed by atoms with van der Waals surface area (Å²) in [5, 5.41) is 9.40. The van der Waals surface area contributed by atoms with Crippen LogP contribution in [0, 0.1) is 10.1 Å². The fraction of sp³-hybridized carbons (Fsp3) is 0.444. The standard InChI is InChI=1S/C9H10Cl2N2O4S/c1-6(2-3-10)18(16,17)9-8(13(14)15)4-7(11)5-12-9/h4-6H,2-3H2,1H3. The maximum Gasteiger partial charge on any atom is 0.308 e. The minimum absolute atomic E-state index is 0.00523. The lowest BCUT2D eigenvalue weighted by molar-refractivity contribution is -0.388. The minimum Gasteiger partial charge on any atom is -0.258 e. The van der Waals surface area contributed by atoms with Crippen molar-refractivity contribution in [2.24, 2.45) is 0 Å². The maximum atomic E-state index is 12.1. The van der Waals surface area contributed by atoms with Gasteiger partial charge in [0, 0.05) is 18.1 Å². The van der Waals surface area contributed by atoms with E-state index in [0.717, 1.165) is 12.3 Å². The van der Waals surface area contributed by atoms with E-state index >= 15 is 0 Å². The third-order valence-corrected chi connectivity index (χ3v) is 4.88. The van der Waals surface area contributed by atoms with Crippen LogP contribution in [0.4, 0.5) is 5.69 Å². The largest absolute Gasteiger partial charge is 0.308 e. The second-order valence-corrected chi connectivity index (χ2v) is 6.66. The van der Waals surface area contributed by atoms with Crippen molar-refractivity contribution in [3.63, 3.8) is 0 Å². The Morgan fingerprint density at radius 1 is 1.56 bits per heavy atom. The Morgan fingerprint density at radius 3 is 2.67 bits per heavy atom. The number of rotatable bonds is 5. The molecule has 0 aromatic carbocycles. The molecule has 0 radical (unpaired) electrons. The Bertz CT molecular complexity index is 562. The Kier molecular flexibility index (Phi) is 4.89. The van der Waals surface area contributed by atoms with Gasteiger partial charge in [-0.25, -0.2) is 13.4 Å². The summed E-state index contributed by atoms with van der Waals surface area (Å²) in [5.74, 6) is 0.141. The van der Waals surface area contributed by atoms with Gasteiger partial charge >= 0.3 is 5.69 Å². The van der Waals surface area contributed by atoms with Crippen molar-refractivity contribution in [1.82, 2.24) is 4.98 Å².